The van der Waals surface area contributed by atoms with Crippen molar-refractivity contribution in [2.75, 3.05) is 0 Å². The van der Waals surface area contributed by atoms with E-state index in [1.165, 1.54) is 5.56 Å². The lowest BCUT2D eigenvalue weighted by atomic mass is 10.1. The number of aryl methyl sites for hydroxylation is 1. The lowest BCUT2D eigenvalue weighted by Gasteiger charge is -2.05. The van der Waals surface area contributed by atoms with Crippen LogP contribution in [0.2, 0.25) is 0 Å². The van der Waals surface area contributed by atoms with Gasteiger partial charge in [-0.1, -0.05) is 0 Å². The predicted molar refractivity (Wildman–Crippen MR) is 62.9 cm³/mol. The van der Waals surface area contributed by atoms with Crippen LogP contribution in [0.1, 0.15) is 22.6 Å². The van der Waals surface area contributed by atoms with Gasteiger partial charge in [-0.15, -0.1) is 0 Å². The van der Waals surface area contributed by atoms with Crippen molar-refractivity contribution < 1.29 is 4.42 Å². The number of hydrogen-bond donors (Lipinski definition) is 1. The van der Waals surface area contributed by atoms with Gasteiger partial charge >= 0.3 is 0 Å². The summed E-state index contributed by atoms with van der Waals surface area (Å²) in [5.74, 6) is 1.12. The molecule has 86 valence electrons. The Kier molecular flexibility index (Phi) is 3.53. The van der Waals surface area contributed by atoms with Crippen molar-refractivity contribution in [3.05, 3.63) is 53.2 Å². The van der Waals surface area contributed by atoms with Gasteiger partial charge in [0.25, 0.3) is 0 Å². The molecule has 0 atom stereocenters. The highest BCUT2D eigenvalue weighted by Gasteiger charge is 2.01. The van der Waals surface area contributed by atoms with E-state index in [1.807, 2.05) is 31.3 Å². The van der Waals surface area contributed by atoms with E-state index in [0.29, 0.717) is 12.3 Å². The average molecular weight is 227 g/mol. The Morgan fingerprint density at radius 3 is 2.94 bits per heavy atom. The number of rotatable bonds is 4. The summed E-state index contributed by atoms with van der Waals surface area (Å²) in [5.41, 5.74) is 2.38. The molecule has 0 saturated carbocycles. The lowest BCUT2D eigenvalue weighted by molar-refractivity contribution is 0.473. The second-order valence-electron chi connectivity index (χ2n) is 3.78. The molecule has 2 aromatic rings. The molecule has 1 N–H and O–H groups in total. The summed E-state index contributed by atoms with van der Waals surface area (Å²) in [6.45, 7) is 3.41. The van der Waals surface area contributed by atoms with Gasteiger partial charge in [0.2, 0.25) is 5.76 Å². The molecule has 2 heterocycles. The summed E-state index contributed by atoms with van der Waals surface area (Å²) in [6.07, 6.45) is 3.63. The van der Waals surface area contributed by atoms with E-state index < -0.39 is 0 Å². The van der Waals surface area contributed by atoms with Crippen molar-refractivity contribution in [3.8, 4) is 6.07 Å². The Hall–Kier alpha value is -2.12. The van der Waals surface area contributed by atoms with E-state index in [9.17, 15) is 0 Å². The number of nitrogens with zero attached hydrogens (tertiary/aromatic N) is 2. The van der Waals surface area contributed by atoms with Crippen molar-refractivity contribution >= 4 is 0 Å². The largest absolute Gasteiger partial charge is 0.449 e. The summed E-state index contributed by atoms with van der Waals surface area (Å²) in [7, 11) is 0. The first kappa shape index (κ1) is 11.4. The van der Waals surface area contributed by atoms with Crippen LogP contribution in [0.3, 0.4) is 0 Å². The van der Waals surface area contributed by atoms with E-state index in [4.69, 9.17) is 9.68 Å². The zero-order valence-corrected chi connectivity index (χ0v) is 9.60. The smallest absolute Gasteiger partial charge is 0.203 e. The molecule has 0 aliphatic heterocycles. The zero-order chi connectivity index (χ0) is 12.1. The minimum Gasteiger partial charge on any atom is -0.449 e. The summed E-state index contributed by atoms with van der Waals surface area (Å²) in [4.78, 5) is 4.04. The van der Waals surface area contributed by atoms with Gasteiger partial charge in [-0.3, -0.25) is 4.98 Å². The molecular formula is C13H13N3O. The molecule has 4 heteroatoms. The summed E-state index contributed by atoms with van der Waals surface area (Å²) < 4.78 is 5.27. The van der Waals surface area contributed by atoms with Crippen LogP contribution >= 0.6 is 0 Å². The maximum absolute atomic E-state index is 8.62. The lowest BCUT2D eigenvalue weighted by Crippen LogP contribution is -2.13. The molecule has 0 saturated heterocycles. The van der Waals surface area contributed by atoms with Crippen LogP contribution in [0.15, 0.2) is 35.0 Å². The molecule has 0 spiro atoms. The Balaban J connectivity index is 1.88. The van der Waals surface area contributed by atoms with Crippen LogP contribution < -0.4 is 5.32 Å². The molecule has 0 aliphatic carbocycles. The first-order chi connectivity index (χ1) is 8.29. The molecule has 17 heavy (non-hydrogen) atoms. The Morgan fingerprint density at radius 1 is 1.35 bits per heavy atom. The van der Waals surface area contributed by atoms with E-state index >= 15 is 0 Å². The first-order valence-electron chi connectivity index (χ1n) is 5.38. The minimum absolute atomic E-state index is 0.349. The molecule has 2 rings (SSSR count). The van der Waals surface area contributed by atoms with Crippen LogP contribution in [0, 0.1) is 18.3 Å². The topological polar surface area (TPSA) is 61.9 Å². The molecule has 2 aromatic heterocycles. The molecule has 0 aromatic carbocycles. The third-order valence-electron chi connectivity index (χ3n) is 2.52. The second kappa shape index (κ2) is 5.28. The highest BCUT2D eigenvalue weighted by molar-refractivity contribution is 5.21. The molecule has 0 amide bonds. The summed E-state index contributed by atoms with van der Waals surface area (Å²) >= 11 is 0. The quantitative estimate of drug-likeness (QED) is 0.869. The van der Waals surface area contributed by atoms with E-state index in [0.717, 1.165) is 17.9 Å². The molecular weight excluding hydrogens is 214 g/mol. The Bertz CT molecular complexity index is 540. The Labute approximate surface area is 99.9 Å². The maximum atomic E-state index is 8.62. The van der Waals surface area contributed by atoms with Gasteiger partial charge in [-0.05, 0) is 36.2 Å². The van der Waals surface area contributed by atoms with Gasteiger partial charge in [0, 0.05) is 18.9 Å². The number of hydrogen-bond acceptors (Lipinski definition) is 4. The number of nitrogens with one attached hydrogen (secondary N) is 1. The van der Waals surface area contributed by atoms with E-state index in [2.05, 4.69) is 10.3 Å². The molecule has 0 aliphatic rings. The second-order valence-corrected chi connectivity index (χ2v) is 3.78. The molecule has 0 fully saturated rings. The monoisotopic (exact) mass is 227 g/mol. The normalized spacial score (nSPS) is 10.1. The van der Waals surface area contributed by atoms with Crippen molar-refractivity contribution in [1.29, 1.82) is 5.26 Å². The van der Waals surface area contributed by atoms with Crippen LogP contribution in [-0.4, -0.2) is 4.98 Å². The van der Waals surface area contributed by atoms with Gasteiger partial charge in [-0.2, -0.15) is 5.26 Å². The first-order valence-corrected chi connectivity index (χ1v) is 5.38. The van der Waals surface area contributed by atoms with Gasteiger partial charge < -0.3 is 9.73 Å². The number of pyridine rings is 1. The van der Waals surface area contributed by atoms with Crippen molar-refractivity contribution in [2.45, 2.75) is 20.0 Å². The van der Waals surface area contributed by atoms with E-state index in [1.54, 1.807) is 12.3 Å². The fourth-order valence-corrected chi connectivity index (χ4v) is 1.55. The summed E-state index contributed by atoms with van der Waals surface area (Å²) in [6, 6.07) is 7.44. The third kappa shape index (κ3) is 2.92. The predicted octanol–water partition coefficient (Wildman–Crippen LogP) is 2.14. The van der Waals surface area contributed by atoms with Crippen LogP contribution in [0.4, 0.5) is 0 Å². The SMILES string of the molecule is Cc1cnccc1CNCc1ccc(C#N)o1. The van der Waals surface area contributed by atoms with Gasteiger partial charge in [-0.25, -0.2) is 0 Å². The van der Waals surface area contributed by atoms with Gasteiger partial charge in [0.1, 0.15) is 11.8 Å². The summed E-state index contributed by atoms with van der Waals surface area (Å²) in [5, 5.41) is 11.9. The number of aromatic nitrogens is 1. The highest BCUT2D eigenvalue weighted by Crippen LogP contribution is 2.08. The molecule has 0 unspecified atom stereocenters. The average Bonchev–Trinajstić information content (AvgIpc) is 2.80. The van der Waals surface area contributed by atoms with Crippen molar-refractivity contribution in [1.82, 2.24) is 10.3 Å². The maximum Gasteiger partial charge on any atom is 0.203 e. The fraction of sp³-hybridized carbons (Fsp3) is 0.231. The fourth-order valence-electron chi connectivity index (χ4n) is 1.55. The number of furan rings is 1. The van der Waals surface area contributed by atoms with Crippen LogP contribution in [-0.2, 0) is 13.1 Å². The van der Waals surface area contributed by atoms with Crippen LogP contribution in [0.25, 0.3) is 0 Å². The molecule has 0 radical (unpaired) electrons. The van der Waals surface area contributed by atoms with Gasteiger partial charge in [0.05, 0.1) is 6.54 Å². The highest BCUT2D eigenvalue weighted by atomic mass is 16.3. The zero-order valence-electron chi connectivity index (χ0n) is 9.60. The van der Waals surface area contributed by atoms with E-state index in [-0.39, 0.29) is 0 Å². The standard InChI is InChI=1S/C13H13N3O/c1-10-7-15-5-4-11(10)8-16-9-13-3-2-12(6-14)17-13/h2-5,7,16H,8-9H2,1H3. The third-order valence-corrected chi connectivity index (χ3v) is 2.52. The number of nitriles is 1. The molecule has 0 bridgehead atoms. The van der Waals surface area contributed by atoms with Crippen molar-refractivity contribution in [3.63, 3.8) is 0 Å². The Morgan fingerprint density at radius 2 is 2.24 bits per heavy atom. The molecule has 4 nitrogen and oxygen atoms in total. The minimum atomic E-state index is 0.349. The van der Waals surface area contributed by atoms with Crippen LogP contribution in [0.5, 0.6) is 0 Å². The van der Waals surface area contributed by atoms with Gasteiger partial charge in [0.15, 0.2) is 0 Å². The van der Waals surface area contributed by atoms with Crippen molar-refractivity contribution in [2.24, 2.45) is 0 Å².